The first-order valence-corrected chi connectivity index (χ1v) is 12.1. The van der Waals surface area contributed by atoms with Gasteiger partial charge in [-0.3, -0.25) is 9.97 Å². The lowest BCUT2D eigenvalue weighted by Gasteiger charge is -2.29. The fourth-order valence-electron chi connectivity index (χ4n) is 4.61. The molecule has 1 aliphatic heterocycles. The molecule has 6 nitrogen and oxygen atoms in total. The van der Waals surface area contributed by atoms with Crippen LogP contribution in [0.5, 0.6) is 11.5 Å². The van der Waals surface area contributed by atoms with Crippen LogP contribution in [-0.4, -0.2) is 19.6 Å². The fraction of sp³-hybridized carbons (Fsp3) is 0.0690. The Kier molecular flexibility index (Phi) is 5.89. The maximum Gasteiger partial charge on any atom is 0.174 e. The minimum Gasteiger partial charge on any atom is -0.457 e. The van der Waals surface area contributed by atoms with Gasteiger partial charge in [0.15, 0.2) is 5.11 Å². The summed E-state index contributed by atoms with van der Waals surface area (Å²) in [4.78, 5) is 11.0. The second kappa shape index (κ2) is 9.64. The summed E-state index contributed by atoms with van der Waals surface area (Å²) in [6.45, 7) is 0. The van der Waals surface area contributed by atoms with E-state index in [1.54, 1.807) is 12.4 Å². The lowest BCUT2D eigenvalue weighted by Crippen LogP contribution is -2.30. The van der Waals surface area contributed by atoms with E-state index < -0.39 is 0 Å². The Morgan fingerprint density at radius 2 is 1.47 bits per heavy atom. The number of rotatable bonds is 6. The van der Waals surface area contributed by atoms with Crippen molar-refractivity contribution in [3.63, 3.8) is 0 Å². The molecule has 0 unspecified atom stereocenters. The maximum absolute atomic E-state index is 6.00. The van der Waals surface area contributed by atoms with Gasteiger partial charge in [0, 0.05) is 41.9 Å². The van der Waals surface area contributed by atoms with Gasteiger partial charge in [-0.2, -0.15) is 0 Å². The van der Waals surface area contributed by atoms with Crippen molar-refractivity contribution in [2.24, 2.45) is 0 Å². The highest BCUT2D eigenvalue weighted by atomic mass is 32.1. The van der Waals surface area contributed by atoms with Crippen LogP contribution in [-0.2, 0) is 0 Å². The quantitative estimate of drug-likeness (QED) is 0.285. The van der Waals surface area contributed by atoms with Crippen LogP contribution >= 0.6 is 12.2 Å². The van der Waals surface area contributed by atoms with Crippen molar-refractivity contribution in [1.29, 1.82) is 0 Å². The number of hydrogen-bond acceptors (Lipinski definition) is 4. The van der Waals surface area contributed by atoms with Crippen LogP contribution < -0.4 is 15.0 Å². The third kappa shape index (κ3) is 4.21. The fourth-order valence-corrected chi connectivity index (χ4v) is 4.95. The second-order valence-electron chi connectivity index (χ2n) is 8.41. The van der Waals surface area contributed by atoms with Crippen LogP contribution in [0.4, 0.5) is 5.69 Å². The van der Waals surface area contributed by atoms with Crippen LogP contribution in [0.3, 0.4) is 0 Å². The molecule has 1 N–H and O–H groups in total. The Labute approximate surface area is 214 Å². The zero-order valence-corrected chi connectivity index (χ0v) is 20.1. The third-order valence-corrected chi connectivity index (χ3v) is 6.53. The molecule has 1 fully saturated rings. The van der Waals surface area contributed by atoms with Gasteiger partial charge in [-0.15, -0.1) is 0 Å². The summed E-state index contributed by atoms with van der Waals surface area (Å²) in [6, 6.07) is 31.7. The zero-order chi connectivity index (χ0) is 24.3. The molecule has 0 spiro atoms. The topological polar surface area (TPSA) is 55.2 Å². The van der Waals surface area contributed by atoms with E-state index in [-0.39, 0.29) is 12.1 Å². The van der Waals surface area contributed by atoms with Crippen LogP contribution in [0.1, 0.15) is 23.5 Å². The Morgan fingerprint density at radius 3 is 2.22 bits per heavy atom. The van der Waals surface area contributed by atoms with Crippen LogP contribution in [0, 0.1) is 0 Å². The first kappa shape index (κ1) is 22.0. The molecule has 2 atom stereocenters. The van der Waals surface area contributed by atoms with E-state index in [2.05, 4.69) is 43.1 Å². The summed E-state index contributed by atoms with van der Waals surface area (Å²) in [6.07, 6.45) is 7.49. The predicted octanol–water partition coefficient (Wildman–Crippen LogP) is 6.24. The van der Waals surface area contributed by atoms with E-state index in [1.807, 2.05) is 91.1 Å². The predicted molar refractivity (Wildman–Crippen MR) is 144 cm³/mol. The smallest absolute Gasteiger partial charge is 0.174 e. The minimum atomic E-state index is -0.130. The summed E-state index contributed by atoms with van der Waals surface area (Å²) >= 11 is 5.88. The summed E-state index contributed by atoms with van der Waals surface area (Å²) in [5, 5.41) is 4.18. The Morgan fingerprint density at radius 1 is 0.722 bits per heavy atom. The molecule has 0 aliphatic carbocycles. The number of nitrogens with one attached hydrogen (secondary N) is 1. The molecule has 4 heterocycles. The lowest BCUT2D eigenvalue weighted by atomic mass is 10.0. The normalized spacial score (nSPS) is 17.1. The molecule has 5 aromatic rings. The molecule has 0 radical (unpaired) electrons. The van der Waals surface area contributed by atoms with Gasteiger partial charge in [-0.25, -0.2) is 0 Å². The monoisotopic (exact) mass is 489 g/mol. The Bertz CT molecular complexity index is 1460. The van der Waals surface area contributed by atoms with E-state index in [1.165, 1.54) is 0 Å². The highest BCUT2D eigenvalue weighted by Crippen LogP contribution is 2.42. The molecule has 1 aliphatic rings. The molecule has 7 heteroatoms. The average Bonchev–Trinajstić information content (AvgIpc) is 3.55. The largest absolute Gasteiger partial charge is 0.457 e. The molecular weight excluding hydrogens is 466 g/mol. The number of hydrogen-bond donors (Lipinski definition) is 1. The van der Waals surface area contributed by atoms with Gasteiger partial charge in [-0.1, -0.05) is 24.3 Å². The van der Waals surface area contributed by atoms with Crippen LogP contribution in [0.15, 0.2) is 122 Å². The van der Waals surface area contributed by atoms with E-state index in [0.717, 1.165) is 34.3 Å². The number of thiocarbonyl (C=S) groups is 1. The molecule has 0 amide bonds. The first-order chi connectivity index (χ1) is 17.8. The first-order valence-electron chi connectivity index (χ1n) is 11.7. The molecule has 6 rings (SSSR count). The Balaban J connectivity index is 1.40. The van der Waals surface area contributed by atoms with E-state index in [0.29, 0.717) is 5.11 Å². The van der Waals surface area contributed by atoms with Gasteiger partial charge in [0.25, 0.3) is 0 Å². The van der Waals surface area contributed by atoms with Gasteiger partial charge >= 0.3 is 0 Å². The zero-order valence-electron chi connectivity index (χ0n) is 19.3. The van der Waals surface area contributed by atoms with Crippen molar-refractivity contribution in [2.75, 3.05) is 4.90 Å². The average molecular weight is 490 g/mol. The second-order valence-corrected chi connectivity index (χ2v) is 8.80. The Hall–Kier alpha value is -4.49. The van der Waals surface area contributed by atoms with Crippen molar-refractivity contribution >= 4 is 23.0 Å². The number of para-hydroxylation sites is 1. The molecule has 36 heavy (non-hydrogen) atoms. The van der Waals surface area contributed by atoms with Crippen molar-refractivity contribution in [1.82, 2.24) is 19.9 Å². The van der Waals surface area contributed by atoms with Crippen LogP contribution in [0.2, 0.25) is 0 Å². The van der Waals surface area contributed by atoms with Crippen molar-refractivity contribution < 1.29 is 4.74 Å². The van der Waals surface area contributed by atoms with Crippen molar-refractivity contribution in [3.05, 3.63) is 133 Å². The van der Waals surface area contributed by atoms with Gasteiger partial charge in [0.05, 0.1) is 11.7 Å². The van der Waals surface area contributed by atoms with Gasteiger partial charge < -0.3 is 19.5 Å². The number of ether oxygens (including phenoxy) is 1. The molecule has 0 bridgehead atoms. The van der Waals surface area contributed by atoms with Gasteiger partial charge in [-0.05, 0) is 85.0 Å². The van der Waals surface area contributed by atoms with E-state index >= 15 is 0 Å². The molecule has 2 aromatic carbocycles. The number of aromatic nitrogens is 3. The third-order valence-electron chi connectivity index (χ3n) is 6.22. The number of benzene rings is 2. The minimum absolute atomic E-state index is 0.128. The van der Waals surface area contributed by atoms with Gasteiger partial charge in [0.1, 0.15) is 17.5 Å². The summed E-state index contributed by atoms with van der Waals surface area (Å²) < 4.78 is 8.18. The molecule has 1 saturated heterocycles. The summed E-state index contributed by atoms with van der Waals surface area (Å²) in [5.41, 5.74) is 4.03. The van der Waals surface area contributed by atoms with Crippen LogP contribution in [0.25, 0.3) is 5.69 Å². The highest BCUT2D eigenvalue weighted by molar-refractivity contribution is 7.80. The number of nitrogens with zero attached hydrogens (tertiary/aromatic N) is 4. The van der Waals surface area contributed by atoms with Crippen molar-refractivity contribution in [3.8, 4) is 17.2 Å². The molecular formula is C29H23N5OS. The van der Waals surface area contributed by atoms with E-state index in [4.69, 9.17) is 17.0 Å². The standard InChI is InChI=1S/C29H23N5OS/c36-29-32-27(25-9-4-5-17-31-25)28(26-10-6-20-33(26)21-15-18-30-19-16-21)34(29)22-11-13-24(14-12-22)35-23-7-2-1-3-8-23/h1-20,27-28H,(H,32,36)/t27-,28+/m1/s1. The van der Waals surface area contributed by atoms with E-state index in [9.17, 15) is 0 Å². The molecule has 176 valence electrons. The summed E-state index contributed by atoms with van der Waals surface area (Å²) in [5.74, 6) is 1.56. The number of pyridine rings is 2. The maximum atomic E-state index is 6.00. The SMILES string of the molecule is S=C1N[C@H](c2ccccn2)[C@H](c2cccn2-c2ccncc2)N1c1ccc(Oc2ccccc2)cc1. The summed E-state index contributed by atoms with van der Waals surface area (Å²) in [7, 11) is 0. The molecule has 0 saturated carbocycles. The van der Waals surface area contributed by atoms with Crippen molar-refractivity contribution in [2.45, 2.75) is 12.1 Å². The lowest BCUT2D eigenvalue weighted by molar-refractivity contribution is 0.482. The molecule has 3 aromatic heterocycles. The van der Waals surface area contributed by atoms with Gasteiger partial charge in [0.2, 0.25) is 0 Å². The highest BCUT2D eigenvalue weighted by Gasteiger charge is 2.42. The number of anilines is 1.